The molecule has 0 saturated heterocycles. The highest BCUT2D eigenvalue weighted by Gasteiger charge is 2.39. The molecule has 1 aromatic rings. The van der Waals surface area contributed by atoms with Crippen LogP contribution in [-0.2, 0) is 5.54 Å². The van der Waals surface area contributed by atoms with Crippen LogP contribution in [0.1, 0.15) is 75.9 Å². The molecule has 3 rings (SSSR count). The molecule has 5 heteroatoms. The Bertz CT molecular complexity index is 411. The minimum atomic E-state index is -0.297. The van der Waals surface area contributed by atoms with E-state index in [9.17, 15) is 0 Å². The summed E-state index contributed by atoms with van der Waals surface area (Å²) in [5.74, 6) is 2.74. The number of nitrogens with two attached hydrogens (primary N) is 1. The van der Waals surface area contributed by atoms with Gasteiger partial charge in [-0.15, -0.1) is 12.4 Å². The number of hydrogen-bond acceptors (Lipinski definition) is 4. The zero-order valence-electron chi connectivity index (χ0n) is 11.6. The molecule has 0 radical (unpaired) electrons. The molecular weight excluding hydrogens is 262 g/mol. The van der Waals surface area contributed by atoms with Crippen LogP contribution in [0.4, 0.5) is 0 Å². The number of aromatic nitrogens is 2. The van der Waals surface area contributed by atoms with Crippen molar-refractivity contribution < 1.29 is 4.52 Å². The quantitative estimate of drug-likeness (QED) is 0.919. The SMILES string of the molecule is CC(CC1CCCC1)c1nc(C2(N)CCC2)no1.Cl. The van der Waals surface area contributed by atoms with Gasteiger partial charge in [0.05, 0.1) is 5.54 Å². The molecule has 0 bridgehead atoms. The summed E-state index contributed by atoms with van der Waals surface area (Å²) in [4.78, 5) is 4.54. The minimum Gasteiger partial charge on any atom is -0.339 e. The van der Waals surface area contributed by atoms with Crippen molar-refractivity contribution in [2.45, 2.75) is 69.7 Å². The molecule has 2 saturated carbocycles. The molecule has 0 aliphatic heterocycles. The largest absolute Gasteiger partial charge is 0.339 e. The molecule has 0 amide bonds. The first kappa shape index (κ1) is 14.8. The van der Waals surface area contributed by atoms with Gasteiger partial charge in [-0.1, -0.05) is 37.8 Å². The Balaban J connectivity index is 0.00000133. The second-order valence-corrected chi connectivity index (χ2v) is 6.25. The summed E-state index contributed by atoms with van der Waals surface area (Å²) in [6, 6.07) is 0. The van der Waals surface area contributed by atoms with E-state index < -0.39 is 0 Å². The summed E-state index contributed by atoms with van der Waals surface area (Å²) in [7, 11) is 0. The van der Waals surface area contributed by atoms with Crippen LogP contribution in [0.3, 0.4) is 0 Å². The third-order valence-electron chi connectivity index (χ3n) is 4.72. The van der Waals surface area contributed by atoms with Gasteiger partial charge in [0, 0.05) is 5.92 Å². The smallest absolute Gasteiger partial charge is 0.229 e. The third kappa shape index (κ3) is 2.95. The van der Waals surface area contributed by atoms with Crippen LogP contribution in [-0.4, -0.2) is 10.1 Å². The minimum absolute atomic E-state index is 0. The van der Waals surface area contributed by atoms with Crippen LogP contribution >= 0.6 is 12.4 Å². The maximum Gasteiger partial charge on any atom is 0.229 e. The first-order valence-electron chi connectivity index (χ1n) is 7.30. The van der Waals surface area contributed by atoms with Gasteiger partial charge in [-0.05, 0) is 31.6 Å². The van der Waals surface area contributed by atoms with Crippen LogP contribution in [0.25, 0.3) is 0 Å². The lowest BCUT2D eigenvalue weighted by atomic mass is 9.77. The van der Waals surface area contributed by atoms with Gasteiger partial charge >= 0.3 is 0 Å². The molecule has 1 heterocycles. The summed E-state index contributed by atoms with van der Waals surface area (Å²) in [6.45, 7) is 2.19. The lowest BCUT2D eigenvalue weighted by Gasteiger charge is -2.34. The zero-order chi connectivity index (χ0) is 12.6. The van der Waals surface area contributed by atoms with Crippen LogP contribution in [0.5, 0.6) is 0 Å². The topological polar surface area (TPSA) is 64.9 Å². The molecule has 1 aromatic heterocycles. The van der Waals surface area contributed by atoms with E-state index in [4.69, 9.17) is 10.3 Å². The fraction of sp³-hybridized carbons (Fsp3) is 0.857. The average molecular weight is 286 g/mol. The third-order valence-corrected chi connectivity index (χ3v) is 4.72. The van der Waals surface area contributed by atoms with Crippen LogP contribution in [0, 0.1) is 5.92 Å². The van der Waals surface area contributed by atoms with Gasteiger partial charge in [0.2, 0.25) is 5.89 Å². The van der Waals surface area contributed by atoms with E-state index in [2.05, 4.69) is 17.1 Å². The maximum atomic E-state index is 6.22. The highest BCUT2D eigenvalue weighted by atomic mass is 35.5. The lowest BCUT2D eigenvalue weighted by molar-refractivity contribution is 0.228. The summed E-state index contributed by atoms with van der Waals surface area (Å²) >= 11 is 0. The van der Waals surface area contributed by atoms with Crippen molar-refractivity contribution in [3.05, 3.63) is 11.7 Å². The second-order valence-electron chi connectivity index (χ2n) is 6.25. The van der Waals surface area contributed by atoms with Gasteiger partial charge in [-0.3, -0.25) is 0 Å². The molecule has 2 N–H and O–H groups in total. The van der Waals surface area contributed by atoms with Crippen molar-refractivity contribution in [2.75, 3.05) is 0 Å². The lowest BCUT2D eigenvalue weighted by Crippen LogP contribution is -2.44. The van der Waals surface area contributed by atoms with Crippen molar-refractivity contribution in [1.29, 1.82) is 0 Å². The van der Waals surface area contributed by atoms with Crippen LogP contribution in [0.2, 0.25) is 0 Å². The number of halogens is 1. The molecular formula is C14H24ClN3O. The highest BCUT2D eigenvalue weighted by molar-refractivity contribution is 5.85. The Hall–Kier alpha value is -0.610. The van der Waals surface area contributed by atoms with Crippen molar-refractivity contribution >= 4 is 12.4 Å². The second kappa shape index (κ2) is 5.80. The number of hydrogen-bond donors (Lipinski definition) is 1. The molecule has 108 valence electrons. The molecule has 2 fully saturated rings. The molecule has 2 aliphatic carbocycles. The van der Waals surface area contributed by atoms with Gasteiger partial charge in [0.25, 0.3) is 0 Å². The average Bonchev–Trinajstić information content (AvgIpc) is 2.95. The Morgan fingerprint density at radius 2 is 2.00 bits per heavy atom. The Kier molecular flexibility index (Phi) is 4.51. The number of nitrogens with zero attached hydrogens (tertiary/aromatic N) is 2. The molecule has 0 spiro atoms. The standard InChI is InChI=1S/C14H23N3O.ClH/c1-10(9-11-5-2-3-6-11)12-16-13(17-18-12)14(15)7-4-8-14;/h10-11H,2-9,15H2,1H3;1H. The van der Waals surface area contributed by atoms with E-state index in [1.807, 2.05) is 0 Å². The summed E-state index contributed by atoms with van der Waals surface area (Å²) in [5.41, 5.74) is 5.92. The first-order valence-corrected chi connectivity index (χ1v) is 7.30. The monoisotopic (exact) mass is 285 g/mol. The van der Waals surface area contributed by atoms with Gasteiger partial charge in [-0.2, -0.15) is 4.98 Å². The summed E-state index contributed by atoms with van der Waals surface area (Å²) in [6.07, 6.45) is 9.85. The van der Waals surface area contributed by atoms with Crippen molar-refractivity contribution in [3.8, 4) is 0 Å². The van der Waals surface area contributed by atoms with E-state index in [1.165, 1.54) is 38.5 Å². The van der Waals surface area contributed by atoms with Crippen molar-refractivity contribution in [1.82, 2.24) is 10.1 Å². The van der Waals surface area contributed by atoms with Crippen molar-refractivity contribution in [2.24, 2.45) is 11.7 Å². The number of rotatable bonds is 4. The van der Waals surface area contributed by atoms with E-state index >= 15 is 0 Å². The Morgan fingerprint density at radius 1 is 1.32 bits per heavy atom. The summed E-state index contributed by atoms with van der Waals surface area (Å²) < 4.78 is 5.42. The van der Waals surface area contributed by atoms with E-state index in [0.29, 0.717) is 5.92 Å². The molecule has 1 atom stereocenters. The molecule has 1 unspecified atom stereocenters. The van der Waals surface area contributed by atoms with Gasteiger partial charge < -0.3 is 10.3 Å². The normalized spacial score (nSPS) is 23.7. The van der Waals surface area contributed by atoms with Crippen LogP contribution < -0.4 is 5.73 Å². The molecule has 0 aromatic carbocycles. The predicted octanol–water partition coefficient (Wildman–Crippen LogP) is 3.51. The molecule has 4 nitrogen and oxygen atoms in total. The zero-order valence-corrected chi connectivity index (χ0v) is 12.4. The van der Waals surface area contributed by atoms with E-state index in [-0.39, 0.29) is 17.9 Å². The van der Waals surface area contributed by atoms with Crippen LogP contribution in [0.15, 0.2) is 4.52 Å². The van der Waals surface area contributed by atoms with Crippen molar-refractivity contribution in [3.63, 3.8) is 0 Å². The maximum absolute atomic E-state index is 6.22. The predicted molar refractivity (Wildman–Crippen MR) is 76.3 cm³/mol. The van der Waals surface area contributed by atoms with E-state index in [1.54, 1.807) is 0 Å². The Labute approximate surface area is 120 Å². The fourth-order valence-electron chi connectivity index (χ4n) is 3.27. The first-order chi connectivity index (χ1) is 8.67. The van der Waals surface area contributed by atoms with E-state index in [0.717, 1.165) is 30.5 Å². The van der Waals surface area contributed by atoms with Gasteiger partial charge in [0.1, 0.15) is 0 Å². The Morgan fingerprint density at radius 3 is 2.58 bits per heavy atom. The molecule has 2 aliphatic rings. The molecule has 19 heavy (non-hydrogen) atoms. The summed E-state index contributed by atoms with van der Waals surface area (Å²) in [5, 5.41) is 4.09. The van der Waals surface area contributed by atoms with Gasteiger partial charge in [0.15, 0.2) is 5.82 Å². The van der Waals surface area contributed by atoms with Gasteiger partial charge in [-0.25, -0.2) is 0 Å². The fourth-order valence-corrected chi connectivity index (χ4v) is 3.27. The highest BCUT2D eigenvalue weighted by Crippen LogP contribution is 2.38.